The Morgan fingerprint density at radius 2 is 2.10 bits per heavy atom. The number of anilines is 1. The number of allylic oxidation sites excluding steroid dienone is 1. The van der Waals surface area contributed by atoms with Crippen LogP contribution in [0.25, 0.3) is 27.7 Å². The maximum Gasteiger partial charge on any atom is 0.250 e. The Balaban J connectivity index is 1.75. The van der Waals surface area contributed by atoms with Gasteiger partial charge in [-0.1, -0.05) is 23.7 Å². The van der Waals surface area contributed by atoms with Gasteiger partial charge >= 0.3 is 0 Å². The Kier molecular flexibility index (Phi) is 5.88. The lowest BCUT2D eigenvalue weighted by molar-refractivity contribution is -0.111. The molecule has 0 saturated heterocycles. The molecule has 4 rings (SSSR count). The van der Waals surface area contributed by atoms with Crippen molar-refractivity contribution in [3.05, 3.63) is 70.9 Å². The molecule has 0 unspecified atom stereocenters. The number of hydrogen-bond donors (Lipinski definition) is 1. The van der Waals surface area contributed by atoms with E-state index in [0.29, 0.717) is 28.1 Å². The number of aromatic nitrogens is 1. The predicted octanol–water partition coefficient (Wildman–Crippen LogP) is 6.65. The Morgan fingerprint density at radius 3 is 2.80 bits per heavy atom. The molecule has 0 aliphatic carbocycles. The molecule has 1 amide bonds. The third-order valence-corrected chi connectivity index (χ3v) is 5.51. The summed E-state index contributed by atoms with van der Waals surface area (Å²) in [5.41, 5.74) is 4.27. The van der Waals surface area contributed by atoms with Gasteiger partial charge in [-0.15, -0.1) is 11.3 Å². The van der Waals surface area contributed by atoms with Crippen LogP contribution < -0.4 is 10.1 Å². The fourth-order valence-corrected chi connectivity index (χ4v) is 3.85. The number of carbonyl (C=O) groups is 1. The molecule has 2 aromatic heterocycles. The number of benzene rings is 2. The van der Waals surface area contributed by atoms with Crippen molar-refractivity contribution in [1.82, 2.24) is 4.98 Å². The minimum absolute atomic E-state index is 0.241. The van der Waals surface area contributed by atoms with Gasteiger partial charge in [-0.05, 0) is 43.2 Å². The topological polar surface area (TPSA) is 64.4 Å². The van der Waals surface area contributed by atoms with Gasteiger partial charge in [-0.2, -0.15) is 0 Å². The number of thiazole rings is 1. The summed E-state index contributed by atoms with van der Waals surface area (Å²) in [6.45, 7) is 4.30. The average molecular weight is 439 g/mol. The second kappa shape index (κ2) is 8.73. The number of nitrogens with zero attached hydrogens (tertiary/aromatic N) is 1. The van der Waals surface area contributed by atoms with E-state index in [-0.39, 0.29) is 5.91 Å². The van der Waals surface area contributed by atoms with E-state index >= 15 is 0 Å². The van der Waals surface area contributed by atoms with Crippen LogP contribution in [0.15, 0.2) is 64.7 Å². The minimum Gasteiger partial charge on any atom is -0.493 e. The van der Waals surface area contributed by atoms with Crippen molar-refractivity contribution in [2.45, 2.75) is 13.8 Å². The second-order valence-corrected chi connectivity index (χ2v) is 7.92. The van der Waals surface area contributed by atoms with Gasteiger partial charge in [0.15, 0.2) is 5.13 Å². The van der Waals surface area contributed by atoms with Crippen LogP contribution in [0.1, 0.15) is 19.4 Å². The van der Waals surface area contributed by atoms with Crippen LogP contribution >= 0.6 is 22.9 Å². The number of ether oxygens (including phenoxy) is 1. The quantitative estimate of drug-likeness (QED) is 0.342. The van der Waals surface area contributed by atoms with Crippen molar-refractivity contribution in [2.24, 2.45) is 0 Å². The molecule has 2 heterocycles. The molecule has 30 heavy (non-hydrogen) atoms. The highest BCUT2D eigenvalue weighted by atomic mass is 35.5. The van der Waals surface area contributed by atoms with Crippen LogP contribution in [-0.4, -0.2) is 17.5 Å². The van der Waals surface area contributed by atoms with Crippen molar-refractivity contribution >= 4 is 50.5 Å². The Bertz CT molecular complexity index is 1210. The zero-order valence-corrected chi connectivity index (χ0v) is 18.0. The fraction of sp³-hybridized carbons (Fsp3) is 0.130. The fourth-order valence-electron chi connectivity index (χ4n) is 3.19. The molecule has 5 nitrogen and oxygen atoms in total. The highest BCUT2D eigenvalue weighted by Gasteiger charge is 2.15. The summed E-state index contributed by atoms with van der Waals surface area (Å²) in [6.07, 6.45) is 4.92. The van der Waals surface area contributed by atoms with E-state index in [9.17, 15) is 4.79 Å². The standard InChI is InChI=1S/C23H19ClN2O3S/c1-3-28-20-12-21-18(19(13-29-21)15-4-6-16(24)7-5-15)11-17(20)14(2)10-22(27)26-23-25-8-9-30-23/h4-13H,3H2,1-2H3,(H,25,26,27)/b14-10+. The molecule has 0 aliphatic heterocycles. The number of furan rings is 1. The SMILES string of the molecule is CCOc1cc2occ(-c3ccc(Cl)cc3)c2cc1/C(C)=C/C(=O)Nc1nccs1. The van der Waals surface area contributed by atoms with Gasteiger partial charge in [-0.25, -0.2) is 4.98 Å². The zero-order valence-electron chi connectivity index (χ0n) is 16.4. The first-order valence-corrected chi connectivity index (χ1v) is 10.6. The lowest BCUT2D eigenvalue weighted by Gasteiger charge is -2.11. The third kappa shape index (κ3) is 4.25. The number of halogens is 1. The van der Waals surface area contributed by atoms with E-state index in [0.717, 1.165) is 27.6 Å². The van der Waals surface area contributed by atoms with Gasteiger partial charge in [0.25, 0.3) is 0 Å². The summed E-state index contributed by atoms with van der Waals surface area (Å²) in [5.74, 6) is 0.424. The Morgan fingerprint density at radius 1 is 1.30 bits per heavy atom. The molecule has 0 saturated carbocycles. The third-order valence-electron chi connectivity index (χ3n) is 4.57. The van der Waals surface area contributed by atoms with Crippen molar-refractivity contribution in [1.29, 1.82) is 0 Å². The summed E-state index contributed by atoms with van der Waals surface area (Å²) in [5, 5.41) is 6.75. The van der Waals surface area contributed by atoms with Gasteiger partial charge in [0.05, 0.1) is 12.9 Å². The molecule has 2 aromatic carbocycles. The van der Waals surface area contributed by atoms with Crippen molar-refractivity contribution in [3.63, 3.8) is 0 Å². The summed E-state index contributed by atoms with van der Waals surface area (Å²) >= 11 is 7.39. The van der Waals surface area contributed by atoms with Crippen LogP contribution in [0, 0.1) is 0 Å². The molecule has 0 radical (unpaired) electrons. The molecule has 0 bridgehead atoms. The van der Waals surface area contributed by atoms with Crippen molar-refractivity contribution in [2.75, 3.05) is 11.9 Å². The normalized spacial score (nSPS) is 11.6. The van der Waals surface area contributed by atoms with Crippen LogP contribution in [0.3, 0.4) is 0 Å². The van der Waals surface area contributed by atoms with Crippen LogP contribution in [-0.2, 0) is 4.79 Å². The van der Waals surface area contributed by atoms with Gasteiger partial charge < -0.3 is 9.15 Å². The van der Waals surface area contributed by atoms with E-state index < -0.39 is 0 Å². The minimum atomic E-state index is -0.241. The molecule has 0 aliphatic rings. The molecular formula is C23H19ClN2O3S. The lowest BCUT2D eigenvalue weighted by Crippen LogP contribution is -2.08. The smallest absolute Gasteiger partial charge is 0.250 e. The summed E-state index contributed by atoms with van der Waals surface area (Å²) in [6, 6.07) is 11.5. The molecule has 1 N–H and O–H groups in total. The highest BCUT2D eigenvalue weighted by molar-refractivity contribution is 7.13. The monoisotopic (exact) mass is 438 g/mol. The average Bonchev–Trinajstić information content (AvgIpc) is 3.37. The zero-order chi connectivity index (χ0) is 21.1. The molecule has 7 heteroatoms. The number of nitrogens with one attached hydrogen (secondary N) is 1. The van der Waals surface area contributed by atoms with E-state index in [1.165, 1.54) is 11.3 Å². The Labute approximate surface area is 183 Å². The van der Waals surface area contributed by atoms with Gasteiger partial charge in [0, 0.05) is 45.3 Å². The van der Waals surface area contributed by atoms with E-state index in [1.807, 2.05) is 55.6 Å². The van der Waals surface area contributed by atoms with Gasteiger partial charge in [0.1, 0.15) is 11.3 Å². The van der Waals surface area contributed by atoms with Crippen molar-refractivity contribution in [3.8, 4) is 16.9 Å². The molecule has 0 atom stereocenters. The first-order valence-electron chi connectivity index (χ1n) is 9.38. The molecule has 0 fully saturated rings. The molecular weight excluding hydrogens is 420 g/mol. The summed E-state index contributed by atoms with van der Waals surface area (Å²) in [4.78, 5) is 16.5. The highest BCUT2D eigenvalue weighted by Crippen LogP contribution is 2.37. The first-order chi connectivity index (χ1) is 14.5. The van der Waals surface area contributed by atoms with Crippen LogP contribution in [0.2, 0.25) is 5.02 Å². The number of carbonyl (C=O) groups excluding carboxylic acids is 1. The van der Waals surface area contributed by atoms with E-state index in [1.54, 1.807) is 18.5 Å². The number of amides is 1. The maximum atomic E-state index is 12.4. The van der Waals surface area contributed by atoms with Crippen LogP contribution in [0.5, 0.6) is 5.75 Å². The number of hydrogen-bond acceptors (Lipinski definition) is 5. The second-order valence-electron chi connectivity index (χ2n) is 6.59. The van der Waals surface area contributed by atoms with Crippen molar-refractivity contribution < 1.29 is 13.9 Å². The number of fused-ring (bicyclic) bond motifs is 1. The molecule has 0 spiro atoms. The largest absolute Gasteiger partial charge is 0.493 e. The first kappa shape index (κ1) is 20.2. The number of rotatable bonds is 6. The van der Waals surface area contributed by atoms with E-state index in [4.69, 9.17) is 20.8 Å². The molecule has 4 aromatic rings. The van der Waals surface area contributed by atoms with Gasteiger partial charge in [0.2, 0.25) is 5.91 Å². The maximum absolute atomic E-state index is 12.4. The summed E-state index contributed by atoms with van der Waals surface area (Å²) in [7, 11) is 0. The van der Waals surface area contributed by atoms with E-state index in [2.05, 4.69) is 10.3 Å². The molecule has 152 valence electrons. The predicted molar refractivity (Wildman–Crippen MR) is 122 cm³/mol. The Hall–Kier alpha value is -3.09. The van der Waals surface area contributed by atoms with Crippen LogP contribution in [0.4, 0.5) is 5.13 Å². The van der Waals surface area contributed by atoms with Gasteiger partial charge in [-0.3, -0.25) is 10.1 Å². The lowest BCUT2D eigenvalue weighted by atomic mass is 9.99. The summed E-state index contributed by atoms with van der Waals surface area (Å²) < 4.78 is 11.6.